The highest BCUT2D eigenvalue weighted by molar-refractivity contribution is 9.11. The van der Waals surface area contributed by atoms with Gasteiger partial charge in [-0.3, -0.25) is 0 Å². The maximum Gasteiger partial charge on any atom is 0.245 e. The summed E-state index contributed by atoms with van der Waals surface area (Å²) in [6, 6.07) is 1.67. The van der Waals surface area contributed by atoms with Crippen LogP contribution in [0.15, 0.2) is 14.7 Å². The van der Waals surface area contributed by atoms with E-state index in [1.165, 1.54) is 11.3 Å². The topological polar surface area (TPSA) is 37.4 Å². The van der Waals surface area contributed by atoms with Crippen LogP contribution in [0.5, 0.6) is 0 Å². The van der Waals surface area contributed by atoms with Crippen LogP contribution < -0.4 is 0 Å². The SMILES string of the molecule is CC1(C)CCN(S(=O)(=O)c2cc(CCl)sc2Br)C1. The van der Waals surface area contributed by atoms with Crippen LogP contribution in [-0.4, -0.2) is 25.8 Å². The maximum atomic E-state index is 12.5. The quantitative estimate of drug-likeness (QED) is 0.759. The number of halogens is 2. The lowest BCUT2D eigenvalue weighted by atomic mass is 9.93. The highest BCUT2D eigenvalue weighted by Gasteiger charge is 2.38. The maximum absolute atomic E-state index is 12.5. The molecule has 1 aromatic heterocycles. The number of hydrogen-bond donors (Lipinski definition) is 0. The van der Waals surface area contributed by atoms with Crippen LogP contribution in [0.2, 0.25) is 0 Å². The van der Waals surface area contributed by atoms with Gasteiger partial charge in [0.2, 0.25) is 10.0 Å². The zero-order valence-electron chi connectivity index (χ0n) is 10.2. The molecule has 7 heteroatoms. The van der Waals surface area contributed by atoms with Crippen molar-refractivity contribution in [2.24, 2.45) is 5.41 Å². The van der Waals surface area contributed by atoms with Crippen molar-refractivity contribution in [1.82, 2.24) is 4.31 Å². The van der Waals surface area contributed by atoms with Crippen molar-refractivity contribution in [3.05, 3.63) is 14.7 Å². The number of hydrogen-bond acceptors (Lipinski definition) is 3. The molecule has 0 radical (unpaired) electrons. The lowest BCUT2D eigenvalue weighted by molar-refractivity contribution is 0.375. The number of alkyl halides is 1. The molecule has 0 aromatic carbocycles. The Morgan fingerprint density at radius 1 is 1.56 bits per heavy atom. The molecular weight excluding hydrogens is 358 g/mol. The molecule has 1 aromatic rings. The third-order valence-corrected chi connectivity index (χ3v) is 7.64. The van der Waals surface area contributed by atoms with E-state index in [1.807, 2.05) is 0 Å². The van der Waals surface area contributed by atoms with Crippen LogP contribution in [0.3, 0.4) is 0 Å². The molecule has 18 heavy (non-hydrogen) atoms. The molecule has 1 aliphatic heterocycles. The molecular formula is C11H15BrClNO2S2. The summed E-state index contributed by atoms with van der Waals surface area (Å²) in [7, 11) is -3.39. The second-order valence-electron chi connectivity index (χ2n) is 5.24. The van der Waals surface area contributed by atoms with Crippen molar-refractivity contribution < 1.29 is 8.42 Å². The summed E-state index contributed by atoms with van der Waals surface area (Å²) in [5.74, 6) is 0.338. The van der Waals surface area contributed by atoms with Crippen molar-refractivity contribution in [1.29, 1.82) is 0 Å². The first kappa shape index (κ1) is 14.8. The molecule has 0 amide bonds. The zero-order valence-corrected chi connectivity index (χ0v) is 14.2. The molecule has 1 aliphatic rings. The van der Waals surface area contributed by atoms with Gasteiger partial charge in [-0.25, -0.2) is 8.42 Å². The standard InChI is InChI=1S/C11H15BrClNO2S2/c1-11(2)3-4-14(7-11)18(15,16)9-5-8(6-13)17-10(9)12/h5H,3-4,6-7H2,1-2H3. The number of rotatable bonds is 3. The summed E-state index contributed by atoms with van der Waals surface area (Å²) in [5, 5.41) is 0. The second-order valence-corrected chi connectivity index (χ2v) is 9.87. The van der Waals surface area contributed by atoms with E-state index in [0.717, 1.165) is 11.3 Å². The third-order valence-electron chi connectivity index (χ3n) is 3.10. The van der Waals surface area contributed by atoms with E-state index in [4.69, 9.17) is 11.6 Å². The predicted molar refractivity (Wildman–Crippen MR) is 78.7 cm³/mol. The van der Waals surface area contributed by atoms with Gasteiger partial charge in [0, 0.05) is 18.0 Å². The minimum atomic E-state index is -3.39. The van der Waals surface area contributed by atoms with Crippen LogP contribution in [0.4, 0.5) is 0 Å². The van der Waals surface area contributed by atoms with E-state index in [0.29, 0.717) is 27.7 Å². The fraction of sp³-hybridized carbons (Fsp3) is 0.636. The number of thiophene rings is 1. The van der Waals surface area contributed by atoms with Gasteiger partial charge in [-0.05, 0) is 33.8 Å². The van der Waals surface area contributed by atoms with E-state index in [1.54, 1.807) is 10.4 Å². The fourth-order valence-corrected chi connectivity index (χ4v) is 6.40. The molecule has 3 nitrogen and oxygen atoms in total. The molecule has 0 atom stereocenters. The Hall–Kier alpha value is 0.380. The van der Waals surface area contributed by atoms with Crippen LogP contribution in [0.1, 0.15) is 25.1 Å². The largest absolute Gasteiger partial charge is 0.245 e. The minimum absolute atomic E-state index is 0.0604. The average molecular weight is 373 g/mol. The predicted octanol–water partition coefficient (Wildman–Crippen LogP) is 3.67. The molecule has 0 unspecified atom stereocenters. The van der Waals surface area contributed by atoms with E-state index in [9.17, 15) is 8.42 Å². The molecule has 102 valence electrons. The summed E-state index contributed by atoms with van der Waals surface area (Å²) in [5.41, 5.74) is 0.0604. The number of sulfonamides is 1. The summed E-state index contributed by atoms with van der Waals surface area (Å²) in [6.07, 6.45) is 0.899. The van der Waals surface area contributed by atoms with E-state index < -0.39 is 10.0 Å². The molecule has 2 rings (SSSR count). The van der Waals surface area contributed by atoms with Gasteiger partial charge in [0.25, 0.3) is 0 Å². The Labute approximate surface area is 125 Å². The molecule has 1 saturated heterocycles. The van der Waals surface area contributed by atoms with Crippen LogP contribution >= 0.6 is 38.9 Å². The van der Waals surface area contributed by atoms with Crippen molar-refractivity contribution in [2.45, 2.75) is 31.0 Å². The first-order chi connectivity index (χ1) is 8.26. The second kappa shape index (κ2) is 5.05. The highest BCUT2D eigenvalue weighted by atomic mass is 79.9. The van der Waals surface area contributed by atoms with Crippen LogP contribution in [0, 0.1) is 5.41 Å². The Kier molecular flexibility index (Phi) is 4.15. The summed E-state index contributed by atoms with van der Waals surface area (Å²) in [4.78, 5) is 1.21. The molecule has 1 fully saturated rings. The van der Waals surface area contributed by atoms with Crippen LogP contribution in [-0.2, 0) is 15.9 Å². The lowest BCUT2D eigenvalue weighted by Gasteiger charge is -2.19. The van der Waals surface area contributed by atoms with Gasteiger partial charge in [0.05, 0.1) is 9.67 Å². The van der Waals surface area contributed by atoms with E-state index in [2.05, 4.69) is 29.8 Å². The van der Waals surface area contributed by atoms with Gasteiger partial charge in [-0.15, -0.1) is 22.9 Å². The van der Waals surface area contributed by atoms with Gasteiger partial charge in [-0.2, -0.15) is 4.31 Å². The van der Waals surface area contributed by atoms with Gasteiger partial charge < -0.3 is 0 Å². The molecule has 0 bridgehead atoms. The Bertz CT molecular complexity index is 553. The average Bonchev–Trinajstić information content (AvgIpc) is 2.82. The van der Waals surface area contributed by atoms with E-state index >= 15 is 0 Å². The Morgan fingerprint density at radius 2 is 2.22 bits per heavy atom. The van der Waals surface area contributed by atoms with Crippen molar-refractivity contribution in [2.75, 3.05) is 13.1 Å². The third kappa shape index (κ3) is 2.77. The monoisotopic (exact) mass is 371 g/mol. The Morgan fingerprint density at radius 3 is 2.67 bits per heavy atom. The van der Waals surface area contributed by atoms with Gasteiger partial charge in [0.1, 0.15) is 4.90 Å². The summed E-state index contributed by atoms with van der Waals surface area (Å²) in [6.45, 7) is 5.35. The lowest BCUT2D eigenvalue weighted by Crippen LogP contribution is -2.30. The fourth-order valence-electron chi connectivity index (χ4n) is 2.05. The first-order valence-electron chi connectivity index (χ1n) is 5.60. The van der Waals surface area contributed by atoms with E-state index in [-0.39, 0.29) is 5.41 Å². The molecule has 0 N–H and O–H groups in total. The molecule has 0 spiro atoms. The van der Waals surface area contributed by atoms with Gasteiger partial charge >= 0.3 is 0 Å². The minimum Gasteiger partial charge on any atom is -0.207 e. The highest BCUT2D eigenvalue weighted by Crippen LogP contribution is 2.38. The molecule has 0 aliphatic carbocycles. The molecule has 2 heterocycles. The molecule has 0 saturated carbocycles. The number of nitrogens with zero attached hydrogens (tertiary/aromatic N) is 1. The smallest absolute Gasteiger partial charge is 0.207 e. The van der Waals surface area contributed by atoms with Crippen molar-refractivity contribution in [3.63, 3.8) is 0 Å². The van der Waals surface area contributed by atoms with Crippen LogP contribution in [0.25, 0.3) is 0 Å². The summed E-state index contributed by atoms with van der Waals surface area (Å²) < 4.78 is 27.3. The van der Waals surface area contributed by atoms with Gasteiger partial charge in [-0.1, -0.05) is 13.8 Å². The normalized spacial score (nSPS) is 20.4. The van der Waals surface area contributed by atoms with Gasteiger partial charge in [0.15, 0.2) is 0 Å². The van der Waals surface area contributed by atoms with Crippen molar-refractivity contribution in [3.8, 4) is 0 Å². The summed E-state index contributed by atoms with van der Waals surface area (Å²) >= 11 is 10.5. The first-order valence-corrected chi connectivity index (χ1v) is 9.19. The Balaban J connectivity index is 2.34. The zero-order chi connectivity index (χ0) is 13.6. The van der Waals surface area contributed by atoms with Crippen molar-refractivity contribution >= 4 is 48.9 Å².